The number of amides is 2. The molecule has 4 aromatic rings. The largest absolute Gasteiger partial charge is 0.461 e. The quantitative estimate of drug-likeness (QED) is 0.405. The van der Waals surface area contributed by atoms with Crippen LogP contribution in [0.25, 0.3) is 16.5 Å². The number of ether oxygens (including phenoxy) is 1. The molecule has 0 saturated heterocycles. The van der Waals surface area contributed by atoms with Crippen molar-refractivity contribution >= 4 is 56.4 Å². The van der Waals surface area contributed by atoms with Gasteiger partial charge >= 0.3 is 12.0 Å². The second-order valence-corrected chi connectivity index (χ2v) is 7.88. The normalized spacial score (nSPS) is 10.7. The number of nitrogens with zero attached hydrogens (tertiary/aromatic N) is 2. The van der Waals surface area contributed by atoms with E-state index in [1.54, 1.807) is 60.8 Å². The zero-order valence-electron chi connectivity index (χ0n) is 16.8. The van der Waals surface area contributed by atoms with Crippen molar-refractivity contribution in [3.8, 4) is 5.69 Å². The van der Waals surface area contributed by atoms with Crippen molar-refractivity contribution in [1.82, 2.24) is 9.78 Å². The van der Waals surface area contributed by atoms with E-state index in [-0.39, 0.29) is 22.7 Å². The molecular weight excluding hydrogens is 452 g/mol. The number of para-hydroxylation sites is 1. The first kappa shape index (κ1) is 21.5. The van der Waals surface area contributed by atoms with Crippen molar-refractivity contribution in [3.05, 3.63) is 81.0 Å². The van der Waals surface area contributed by atoms with Crippen molar-refractivity contribution in [2.24, 2.45) is 0 Å². The fraction of sp³-hybridized carbons (Fsp3) is 0.0909. The lowest BCUT2D eigenvalue weighted by atomic mass is 10.2. The lowest BCUT2D eigenvalue weighted by Crippen LogP contribution is -2.26. The van der Waals surface area contributed by atoms with Crippen molar-refractivity contribution in [1.29, 1.82) is 0 Å². The number of nitrogens with one attached hydrogen (secondary N) is 2. The van der Waals surface area contributed by atoms with Gasteiger partial charge < -0.3 is 10.1 Å². The van der Waals surface area contributed by atoms with Crippen LogP contribution in [0.15, 0.2) is 64.8 Å². The van der Waals surface area contributed by atoms with E-state index in [1.165, 1.54) is 0 Å². The number of esters is 1. The van der Waals surface area contributed by atoms with Crippen LogP contribution in [0.4, 0.5) is 15.5 Å². The molecule has 0 unspecified atom stereocenters. The molecule has 2 aromatic heterocycles. The second-order valence-electron chi connectivity index (χ2n) is 6.56. The SMILES string of the molecule is CCOC(=O)c1nn(-c2ccc(Cl)cc2)c(=O)c2c(NC(=O)Nc3ccccc3)scc12. The summed E-state index contributed by atoms with van der Waals surface area (Å²) in [6.07, 6.45) is 0. The highest BCUT2D eigenvalue weighted by Gasteiger charge is 2.23. The Kier molecular flexibility index (Phi) is 6.20. The first-order valence-electron chi connectivity index (χ1n) is 9.58. The number of rotatable bonds is 5. The van der Waals surface area contributed by atoms with Gasteiger partial charge in [0.25, 0.3) is 5.56 Å². The number of hydrogen-bond donors (Lipinski definition) is 2. The number of urea groups is 1. The molecule has 2 heterocycles. The number of halogens is 1. The second kappa shape index (κ2) is 9.21. The summed E-state index contributed by atoms with van der Waals surface area (Å²) in [6.45, 7) is 1.83. The molecule has 0 radical (unpaired) electrons. The fourth-order valence-corrected chi connectivity index (χ4v) is 4.09. The molecule has 0 fully saturated rings. The molecular formula is C22H17ClN4O4S. The van der Waals surface area contributed by atoms with Gasteiger partial charge in [-0.2, -0.15) is 9.78 Å². The maximum absolute atomic E-state index is 13.3. The topological polar surface area (TPSA) is 102 Å². The highest BCUT2D eigenvalue weighted by atomic mass is 35.5. The predicted octanol–water partition coefficient (Wildman–Crippen LogP) is 4.92. The van der Waals surface area contributed by atoms with Crippen molar-refractivity contribution in [3.63, 3.8) is 0 Å². The summed E-state index contributed by atoms with van der Waals surface area (Å²) in [6, 6.07) is 14.8. The monoisotopic (exact) mass is 468 g/mol. The molecule has 8 nitrogen and oxygen atoms in total. The van der Waals surface area contributed by atoms with Gasteiger partial charge in [0.05, 0.1) is 17.7 Å². The van der Waals surface area contributed by atoms with Gasteiger partial charge in [-0.05, 0) is 43.3 Å². The number of hydrogen-bond acceptors (Lipinski definition) is 6. The van der Waals surface area contributed by atoms with Crippen LogP contribution in [0.5, 0.6) is 0 Å². The minimum Gasteiger partial charge on any atom is -0.461 e. The number of carbonyl (C=O) groups is 2. The van der Waals surface area contributed by atoms with E-state index in [1.807, 2.05) is 6.07 Å². The highest BCUT2D eigenvalue weighted by Crippen LogP contribution is 2.31. The van der Waals surface area contributed by atoms with Crippen LogP contribution in [0.2, 0.25) is 5.02 Å². The summed E-state index contributed by atoms with van der Waals surface area (Å²) >= 11 is 7.07. The summed E-state index contributed by atoms with van der Waals surface area (Å²) in [4.78, 5) is 38.4. The average Bonchev–Trinajstić information content (AvgIpc) is 3.19. The van der Waals surface area contributed by atoms with Gasteiger partial charge in [0.15, 0.2) is 5.69 Å². The summed E-state index contributed by atoms with van der Waals surface area (Å²) in [5, 5.41) is 12.5. The molecule has 0 bridgehead atoms. The minimum absolute atomic E-state index is 0.0239. The molecule has 0 aliphatic rings. The molecule has 10 heteroatoms. The maximum Gasteiger partial charge on any atom is 0.359 e. The van der Waals surface area contributed by atoms with Gasteiger partial charge in [0, 0.05) is 21.5 Å². The number of aromatic nitrogens is 2. The summed E-state index contributed by atoms with van der Waals surface area (Å²) in [7, 11) is 0. The Bertz CT molecular complexity index is 1350. The third kappa shape index (κ3) is 4.34. The molecule has 162 valence electrons. The lowest BCUT2D eigenvalue weighted by molar-refractivity contribution is 0.0520. The average molecular weight is 469 g/mol. The number of fused-ring (bicyclic) bond motifs is 1. The van der Waals surface area contributed by atoms with Gasteiger partial charge in [0.2, 0.25) is 0 Å². The molecule has 0 saturated carbocycles. The van der Waals surface area contributed by atoms with Crippen LogP contribution in [0.1, 0.15) is 17.4 Å². The van der Waals surface area contributed by atoms with Crippen molar-refractivity contribution in [2.75, 3.05) is 17.2 Å². The van der Waals surface area contributed by atoms with E-state index in [4.69, 9.17) is 16.3 Å². The van der Waals surface area contributed by atoms with Gasteiger partial charge in [-0.15, -0.1) is 11.3 Å². The summed E-state index contributed by atoms with van der Waals surface area (Å²) < 4.78 is 6.22. The summed E-state index contributed by atoms with van der Waals surface area (Å²) in [5.74, 6) is -0.668. The molecule has 2 amide bonds. The number of carbonyl (C=O) groups excluding carboxylic acids is 2. The third-order valence-electron chi connectivity index (χ3n) is 4.45. The minimum atomic E-state index is -0.668. The molecule has 0 aliphatic heterocycles. The van der Waals surface area contributed by atoms with Crippen LogP contribution >= 0.6 is 22.9 Å². The molecule has 2 aromatic carbocycles. The zero-order chi connectivity index (χ0) is 22.7. The van der Waals surface area contributed by atoms with E-state index in [9.17, 15) is 14.4 Å². The van der Waals surface area contributed by atoms with Crippen molar-refractivity contribution in [2.45, 2.75) is 6.92 Å². The van der Waals surface area contributed by atoms with E-state index < -0.39 is 17.6 Å². The van der Waals surface area contributed by atoms with Crippen LogP contribution in [-0.2, 0) is 4.74 Å². The Morgan fingerprint density at radius 1 is 1.09 bits per heavy atom. The Balaban J connectivity index is 1.81. The van der Waals surface area contributed by atoms with Crippen LogP contribution < -0.4 is 16.2 Å². The predicted molar refractivity (Wildman–Crippen MR) is 125 cm³/mol. The van der Waals surface area contributed by atoms with Crippen molar-refractivity contribution < 1.29 is 14.3 Å². The van der Waals surface area contributed by atoms with Gasteiger partial charge in [-0.3, -0.25) is 10.1 Å². The van der Waals surface area contributed by atoms with Crippen LogP contribution in [-0.4, -0.2) is 28.4 Å². The molecule has 2 N–H and O–H groups in total. The molecule has 0 atom stereocenters. The number of benzene rings is 2. The molecule has 4 rings (SSSR count). The van der Waals surface area contributed by atoms with Gasteiger partial charge in [-0.25, -0.2) is 9.59 Å². The van der Waals surface area contributed by atoms with Gasteiger partial charge in [-0.1, -0.05) is 29.8 Å². The summed E-state index contributed by atoms with van der Waals surface area (Å²) in [5.41, 5.74) is 0.492. The third-order valence-corrected chi connectivity index (χ3v) is 5.60. The molecule has 0 aliphatic carbocycles. The molecule has 0 spiro atoms. The van der Waals surface area contributed by atoms with Crippen LogP contribution in [0, 0.1) is 0 Å². The number of anilines is 2. The maximum atomic E-state index is 13.3. The van der Waals surface area contributed by atoms with Gasteiger partial charge in [0.1, 0.15) is 5.00 Å². The first-order chi connectivity index (χ1) is 15.5. The van der Waals surface area contributed by atoms with E-state index in [0.717, 1.165) is 16.0 Å². The zero-order valence-corrected chi connectivity index (χ0v) is 18.4. The standard InChI is InChI=1S/C22H17ClN4O4S/c1-2-31-21(29)18-16-12-32-19(25-22(30)24-14-6-4-3-5-7-14)17(16)20(28)27(26-18)15-10-8-13(23)9-11-15/h3-12H,2H2,1H3,(H2,24,25,30). The smallest absolute Gasteiger partial charge is 0.359 e. The molecule has 32 heavy (non-hydrogen) atoms. The highest BCUT2D eigenvalue weighted by molar-refractivity contribution is 7.16. The Labute approximate surface area is 191 Å². The van der Waals surface area contributed by atoms with Crippen LogP contribution in [0.3, 0.4) is 0 Å². The fourth-order valence-electron chi connectivity index (χ4n) is 3.04. The van der Waals surface area contributed by atoms with E-state index in [0.29, 0.717) is 21.8 Å². The first-order valence-corrected chi connectivity index (χ1v) is 10.8. The Morgan fingerprint density at radius 2 is 1.81 bits per heavy atom. The Hall–Kier alpha value is -3.69. The van der Waals surface area contributed by atoms with E-state index >= 15 is 0 Å². The number of thiophene rings is 1. The van der Waals surface area contributed by atoms with E-state index in [2.05, 4.69) is 15.7 Å². The Morgan fingerprint density at radius 3 is 2.50 bits per heavy atom. The lowest BCUT2D eigenvalue weighted by Gasteiger charge is -2.10.